The topological polar surface area (TPSA) is 49.4 Å². The number of hydrogen-bond acceptors (Lipinski definition) is 3. The molecule has 1 heterocycles. The van der Waals surface area contributed by atoms with Crippen molar-refractivity contribution >= 4 is 29.3 Å². The fourth-order valence-corrected chi connectivity index (χ4v) is 3.69. The van der Waals surface area contributed by atoms with Gasteiger partial charge in [-0.2, -0.15) is 0 Å². The van der Waals surface area contributed by atoms with Gasteiger partial charge in [0.05, 0.1) is 5.69 Å². The molecule has 2 amide bonds. The van der Waals surface area contributed by atoms with Crippen LogP contribution in [0.2, 0.25) is 0 Å². The van der Waals surface area contributed by atoms with Crippen molar-refractivity contribution in [2.24, 2.45) is 5.92 Å². The minimum atomic E-state index is -0.375. The van der Waals surface area contributed by atoms with E-state index in [4.69, 9.17) is 0 Å². The number of halogens is 1. The molecule has 1 N–H and O–H groups in total. The molecule has 1 aliphatic rings. The lowest BCUT2D eigenvalue weighted by Crippen LogP contribution is -2.36. The first-order chi connectivity index (χ1) is 12.5. The van der Waals surface area contributed by atoms with Gasteiger partial charge in [-0.25, -0.2) is 4.39 Å². The normalized spacial score (nSPS) is 13.5. The van der Waals surface area contributed by atoms with Gasteiger partial charge in [-0.1, -0.05) is 13.8 Å². The van der Waals surface area contributed by atoms with E-state index in [-0.39, 0.29) is 17.6 Å². The van der Waals surface area contributed by atoms with Crippen molar-refractivity contribution in [3.8, 4) is 0 Å². The van der Waals surface area contributed by atoms with Crippen molar-refractivity contribution in [2.45, 2.75) is 18.7 Å². The first-order valence-corrected chi connectivity index (χ1v) is 9.56. The fraction of sp³-hybridized carbons (Fsp3) is 0.300. The van der Waals surface area contributed by atoms with Gasteiger partial charge in [0.1, 0.15) is 5.82 Å². The highest BCUT2D eigenvalue weighted by Gasteiger charge is 2.25. The minimum absolute atomic E-state index is 0.147. The van der Waals surface area contributed by atoms with Gasteiger partial charge in [0.15, 0.2) is 0 Å². The van der Waals surface area contributed by atoms with Gasteiger partial charge in [0.2, 0.25) is 0 Å². The van der Waals surface area contributed by atoms with E-state index in [0.717, 1.165) is 16.3 Å². The molecular weight excluding hydrogens is 351 g/mol. The molecular formula is C20H21FN2O2S. The molecule has 0 bridgehead atoms. The van der Waals surface area contributed by atoms with Gasteiger partial charge in [0.25, 0.3) is 11.8 Å². The van der Waals surface area contributed by atoms with Crippen LogP contribution in [0.1, 0.15) is 34.6 Å². The molecule has 1 aliphatic heterocycles. The number of nitrogens with one attached hydrogen (secondary N) is 1. The number of fused-ring (bicyclic) bond motifs is 1. The van der Waals surface area contributed by atoms with Crippen LogP contribution in [-0.4, -0.2) is 30.7 Å². The zero-order valence-corrected chi connectivity index (χ0v) is 15.6. The second-order valence-corrected chi connectivity index (χ2v) is 7.74. The molecule has 0 radical (unpaired) electrons. The van der Waals surface area contributed by atoms with Gasteiger partial charge < -0.3 is 10.2 Å². The summed E-state index contributed by atoms with van der Waals surface area (Å²) in [6.45, 7) is 5.22. The molecule has 0 atom stereocenters. The lowest BCUT2D eigenvalue weighted by Gasteiger charge is -2.29. The number of anilines is 1. The summed E-state index contributed by atoms with van der Waals surface area (Å²) in [4.78, 5) is 27.8. The van der Waals surface area contributed by atoms with Crippen molar-refractivity contribution in [2.75, 3.05) is 23.7 Å². The number of thioether (sulfide) groups is 1. The van der Waals surface area contributed by atoms with E-state index in [2.05, 4.69) is 5.32 Å². The van der Waals surface area contributed by atoms with Crippen molar-refractivity contribution < 1.29 is 14.0 Å². The summed E-state index contributed by atoms with van der Waals surface area (Å²) in [7, 11) is 0. The van der Waals surface area contributed by atoms with Crippen molar-refractivity contribution in [3.63, 3.8) is 0 Å². The Morgan fingerprint density at radius 3 is 2.54 bits per heavy atom. The third kappa shape index (κ3) is 4.07. The third-order valence-corrected chi connectivity index (χ3v) is 5.13. The highest BCUT2D eigenvalue weighted by Crippen LogP contribution is 2.36. The van der Waals surface area contributed by atoms with Crippen LogP contribution in [0, 0.1) is 11.7 Å². The Kier molecular flexibility index (Phi) is 5.61. The van der Waals surface area contributed by atoms with Crippen LogP contribution in [0.5, 0.6) is 0 Å². The smallest absolute Gasteiger partial charge is 0.258 e. The highest BCUT2D eigenvalue weighted by atomic mass is 32.2. The van der Waals surface area contributed by atoms with Crippen molar-refractivity contribution in [3.05, 3.63) is 59.4 Å². The van der Waals surface area contributed by atoms with Crippen LogP contribution < -0.4 is 10.2 Å². The minimum Gasteiger partial charge on any atom is -0.352 e. The number of carbonyl (C=O) groups excluding carboxylic acids is 2. The van der Waals surface area contributed by atoms with Crippen LogP contribution in [0.4, 0.5) is 10.1 Å². The number of benzene rings is 2. The van der Waals surface area contributed by atoms with E-state index in [1.54, 1.807) is 28.8 Å². The molecule has 0 unspecified atom stereocenters. The van der Waals surface area contributed by atoms with E-state index in [9.17, 15) is 14.0 Å². The zero-order chi connectivity index (χ0) is 18.7. The van der Waals surface area contributed by atoms with Gasteiger partial charge in [-0.15, -0.1) is 11.8 Å². The number of carbonyl (C=O) groups is 2. The Bertz CT molecular complexity index is 821. The highest BCUT2D eigenvalue weighted by molar-refractivity contribution is 7.99. The summed E-state index contributed by atoms with van der Waals surface area (Å²) in [5, 5.41) is 2.90. The van der Waals surface area contributed by atoms with Crippen LogP contribution in [0.3, 0.4) is 0 Å². The maximum Gasteiger partial charge on any atom is 0.258 e. The molecule has 0 fully saturated rings. The Labute approximate surface area is 156 Å². The predicted molar refractivity (Wildman–Crippen MR) is 102 cm³/mol. The summed E-state index contributed by atoms with van der Waals surface area (Å²) in [6.07, 6.45) is 0. The van der Waals surface area contributed by atoms with E-state index < -0.39 is 0 Å². The van der Waals surface area contributed by atoms with Gasteiger partial charge in [-0.3, -0.25) is 9.59 Å². The number of nitrogens with zero attached hydrogens (tertiary/aromatic N) is 1. The second kappa shape index (κ2) is 7.91. The van der Waals surface area contributed by atoms with Gasteiger partial charge >= 0.3 is 0 Å². The molecule has 26 heavy (non-hydrogen) atoms. The molecule has 2 aromatic rings. The molecule has 3 rings (SSSR count). The predicted octanol–water partition coefficient (Wildman–Crippen LogP) is 3.96. The van der Waals surface area contributed by atoms with Crippen LogP contribution in [0.25, 0.3) is 0 Å². The first-order valence-electron chi connectivity index (χ1n) is 8.58. The molecule has 0 aliphatic carbocycles. The Morgan fingerprint density at radius 1 is 1.15 bits per heavy atom. The largest absolute Gasteiger partial charge is 0.352 e. The van der Waals surface area contributed by atoms with E-state index in [0.29, 0.717) is 30.1 Å². The second-order valence-electron chi connectivity index (χ2n) is 6.60. The summed E-state index contributed by atoms with van der Waals surface area (Å²) in [5.74, 6) is 0.431. The van der Waals surface area contributed by atoms with Crippen molar-refractivity contribution in [1.82, 2.24) is 5.32 Å². The summed E-state index contributed by atoms with van der Waals surface area (Å²) in [5.41, 5.74) is 1.69. The summed E-state index contributed by atoms with van der Waals surface area (Å²) < 4.78 is 13.1. The maximum atomic E-state index is 13.1. The van der Waals surface area contributed by atoms with Crippen LogP contribution in [0.15, 0.2) is 47.4 Å². The average molecular weight is 372 g/mol. The zero-order valence-electron chi connectivity index (χ0n) is 14.8. The summed E-state index contributed by atoms with van der Waals surface area (Å²) in [6, 6.07) is 11.0. The maximum absolute atomic E-state index is 13.1. The lowest BCUT2D eigenvalue weighted by atomic mass is 10.1. The van der Waals surface area contributed by atoms with Crippen LogP contribution >= 0.6 is 11.8 Å². The molecule has 4 nitrogen and oxygen atoms in total. The SMILES string of the molecule is CC(C)CNC(=O)c1ccc2c(c1)N(C(=O)c1ccc(F)cc1)CCS2. The van der Waals surface area contributed by atoms with E-state index in [1.165, 1.54) is 24.3 Å². The summed E-state index contributed by atoms with van der Waals surface area (Å²) >= 11 is 1.66. The molecule has 6 heteroatoms. The van der Waals surface area contributed by atoms with Gasteiger partial charge in [0, 0.05) is 34.9 Å². The monoisotopic (exact) mass is 372 g/mol. The molecule has 0 saturated heterocycles. The lowest BCUT2D eigenvalue weighted by molar-refractivity contribution is 0.0946. The number of rotatable bonds is 4. The van der Waals surface area contributed by atoms with Crippen molar-refractivity contribution in [1.29, 1.82) is 0 Å². The van der Waals surface area contributed by atoms with E-state index >= 15 is 0 Å². The standard InChI is InChI=1S/C20H21FN2O2S/c1-13(2)12-22-19(24)15-5-8-18-17(11-15)23(9-10-26-18)20(25)14-3-6-16(21)7-4-14/h3-8,11,13H,9-10,12H2,1-2H3,(H,22,24). The molecule has 0 spiro atoms. The average Bonchev–Trinajstić information content (AvgIpc) is 2.65. The number of amides is 2. The molecule has 2 aromatic carbocycles. The Hall–Kier alpha value is -2.34. The Balaban J connectivity index is 1.87. The fourth-order valence-electron chi connectivity index (χ4n) is 2.72. The first kappa shape index (κ1) is 18.5. The molecule has 0 aromatic heterocycles. The number of hydrogen-bond donors (Lipinski definition) is 1. The molecule has 0 saturated carbocycles. The third-order valence-electron chi connectivity index (χ3n) is 4.09. The van der Waals surface area contributed by atoms with Gasteiger partial charge in [-0.05, 0) is 48.4 Å². The molecule has 136 valence electrons. The van der Waals surface area contributed by atoms with Crippen LogP contribution in [-0.2, 0) is 0 Å². The Morgan fingerprint density at radius 2 is 1.85 bits per heavy atom. The van der Waals surface area contributed by atoms with E-state index in [1.807, 2.05) is 19.9 Å². The quantitative estimate of drug-likeness (QED) is 0.884.